The molecule has 0 aliphatic heterocycles. The van der Waals surface area contributed by atoms with Crippen LogP contribution in [-0.4, -0.2) is 41.1 Å². The molecule has 0 aliphatic rings. The van der Waals surface area contributed by atoms with Gasteiger partial charge in [-0.25, -0.2) is 4.57 Å². The molecule has 0 bridgehead atoms. The molecule has 4 nitrogen and oxygen atoms in total. The average molecular weight is 457 g/mol. The van der Waals surface area contributed by atoms with Crippen molar-refractivity contribution in [1.82, 2.24) is 0 Å². The SMILES string of the molecule is CCCCCCCCCSCCOP(=O)(O)OCCSCCCCCCCC. The fourth-order valence-electron chi connectivity index (χ4n) is 2.81. The summed E-state index contributed by atoms with van der Waals surface area (Å²) in [7, 11) is -3.87. The van der Waals surface area contributed by atoms with Gasteiger partial charge in [0.1, 0.15) is 0 Å². The zero-order valence-electron chi connectivity index (χ0n) is 18.4. The lowest BCUT2D eigenvalue weighted by molar-refractivity contribution is 0.163. The van der Waals surface area contributed by atoms with Crippen LogP contribution in [0.15, 0.2) is 0 Å². The van der Waals surface area contributed by atoms with Gasteiger partial charge < -0.3 is 4.89 Å². The van der Waals surface area contributed by atoms with Crippen molar-refractivity contribution >= 4 is 31.3 Å². The molecule has 7 heteroatoms. The summed E-state index contributed by atoms with van der Waals surface area (Å²) in [5.41, 5.74) is 0. The molecular weight excluding hydrogens is 411 g/mol. The molecule has 1 atom stereocenters. The number of thioether (sulfide) groups is 2. The highest BCUT2D eigenvalue weighted by Crippen LogP contribution is 2.43. The monoisotopic (exact) mass is 456 g/mol. The summed E-state index contributed by atoms with van der Waals surface area (Å²) < 4.78 is 21.9. The summed E-state index contributed by atoms with van der Waals surface area (Å²) in [5, 5.41) is 0. The van der Waals surface area contributed by atoms with Crippen LogP contribution < -0.4 is 0 Å². The third kappa shape index (κ3) is 23.1. The lowest BCUT2D eigenvalue weighted by Gasteiger charge is -2.12. The summed E-state index contributed by atoms with van der Waals surface area (Å²) in [6, 6.07) is 0. The van der Waals surface area contributed by atoms with Crippen molar-refractivity contribution in [2.75, 3.05) is 36.2 Å². The third-order valence-corrected chi connectivity index (χ3v) is 7.58. The molecule has 1 N–H and O–H groups in total. The van der Waals surface area contributed by atoms with E-state index < -0.39 is 7.82 Å². The van der Waals surface area contributed by atoms with Gasteiger partial charge in [-0.05, 0) is 24.3 Å². The molecule has 28 heavy (non-hydrogen) atoms. The third-order valence-electron chi connectivity index (χ3n) is 4.50. The van der Waals surface area contributed by atoms with E-state index in [4.69, 9.17) is 9.05 Å². The molecule has 0 fully saturated rings. The number of hydrogen-bond acceptors (Lipinski definition) is 5. The van der Waals surface area contributed by atoms with Gasteiger partial charge in [0.05, 0.1) is 13.2 Å². The maximum atomic E-state index is 11.8. The first-order valence-corrected chi connectivity index (χ1v) is 15.2. The second-order valence-electron chi connectivity index (χ2n) is 7.25. The van der Waals surface area contributed by atoms with Gasteiger partial charge >= 0.3 is 7.82 Å². The minimum atomic E-state index is -3.87. The van der Waals surface area contributed by atoms with Gasteiger partial charge in [0.15, 0.2) is 0 Å². The molecule has 0 amide bonds. The van der Waals surface area contributed by atoms with Gasteiger partial charge in [-0.3, -0.25) is 9.05 Å². The molecule has 0 saturated carbocycles. The first kappa shape index (κ1) is 28.8. The number of rotatable bonds is 23. The van der Waals surface area contributed by atoms with E-state index in [1.165, 1.54) is 83.5 Å². The van der Waals surface area contributed by atoms with Crippen LogP contribution in [0.4, 0.5) is 0 Å². The molecule has 0 aromatic rings. The topological polar surface area (TPSA) is 55.8 Å². The lowest BCUT2D eigenvalue weighted by atomic mass is 10.1. The van der Waals surface area contributed by atoms with E-state index in [0.717, 1.165) is 23.0 Å². The Bertz CT molecular complexity index is 359. The highest BCUT2D eigenvalue weighted by molar-refractivity contribution is 7.99. The molecule has 0 radical (unpaired) electrons. The molecule has 0 rings (SSSR count). The van der Waals surface area contributed by atoms with Crippen LogP contribution in [0.2, 0.25) is 0 Å². The predicted octanol–water partition coefficient (Wildman–Crippen LogP) is 7.70. The Morgan fingerprint density at radius 1 is 0.607 bits per heavy atom. The first-order chi connectivity index (χ1) is 13.6. The van der Waals surface area contributed by atoms with Crippen LogP contribution in [0.1, 0.15) is 97.3 Å². The average Bonchev–Trinajstić information content (AvgIpc) is 2.67. The molecule has 0 aliphatic carbocycles. The van der Waals surface area contributed by atoms with Gasteiger partial charge in [-0.2, -0.15) is 23.5 Å². The van der Waals surface area contributed by atoms with E-state index in [2.05, 4.69) is 13.8 Å². The van der Waals surface area contributed by atoms with E-state index in [1.54, 1.807) is 23.5 Å². The van der Waals surface area contributed by atoms with Crippen molar-refractivity contribution in [3.05, 3.63) is 0 Å². The van der Waals surface area contributed by atoms with Crippen LogP contribution in [-0.2, 0) is 13.6 Å². The smallest absolute Gasteiger partial charge is 0.302 e. The van der Waals surface area contributed by atoms with E-state index >= 15 is 0 Å². The van der Waals surface area contributed by atoms with Crippen molar-refractivity contribution in [2.24, 2.45) is 0 Å². The molecule has 0 saturated heterocycles. The Hall–Kier alpha value is 0.810. The van der Waals surface area contributed by atoms with E-state index in [0.29, 0.717) is 0 Å². The van der Waals surface area contributed by atoms with Crippen molar-refractivity contribution < 1.29 is 18.5 Å². The number of phosphoric acid groups is 1. The van der Waals surface area contributed by atoms with Crippen LogP contribution >= 0.6 is 31.3 Å². The highest BCUT2D eigenvalue weighted by atomic mass is 32.2. The second kappa shape index (κ2) is 22.5. The Morgan fingerprint density at radius 3 is 1.36 bits per heavy atom. The van der Waals surface area contributed by atoms with E-state index in [1.807, 2.05) is 0 Å². The molecule has 0 aromatic heterocycles. The highest BCUT2D eigenvalue weighted by Gasteiger charge is 2.20. The van der Waals surface area contributed by atoms with Crippen LogP contribution in [0, 0.1) is 0 Å². The molecular formula is C21H45O4PS2. The summed E-state index contributed by atoms with van der Waals surface area (Å²) in [6.45, 7) is 5.03. The van der Waals surface area contributed by atoms with Crippen LogP contribution in [0.5, 0.6) is 0 Å². The summed E-state index contributed by atoms with van der Waals surface area (Å²) >= 11 is 3.58. The Morgan fingerprint density at radius 2 is 0.964 bits per heavy atom. The summed E-state index contributed by atoms with van der Waals surface area (Å²) in [5.74, 6) is 3.69. The Labute approximate surface area is 183 Å². The molecule has 0 spiro atoms. The largest absolute Gasteiger partial charge is 0.472 e. The van der Waals surface area contributed by atoms with Gasteiger partial charge in [0.2, 0.25) is 0 Å². The Kier molecular flexibility index (Phi) is 23.1. The summed E-state index contributed by atoms with van der Waals surface area (Å²) in [6.07, 6.45) is 17.0. The van der Waals surface area contributed by atoms with Crippen molar-refractivity contribution in [2.45, 2.75) is 97.3 Å². The predicted molar refractivity (Wildman–Crippen MR) is 128 cm³/mol. The van der Waals surface area contributed by atoms with Crippen molar-refractivity contribution in [1.29, 1.82) is 0 Å². The fraction of sp³-hybridized carbons (Fsp3) is 1.00. The number of hydrogen-bond donors (Lipinski definition) is 1. The van der Waals surface area contributed by atoms with Gasteiger partial charge in [-0.1, -0.05) is 84.5 Å². The minimum Gasteiger partial charge on any atom is -0.302 e. The van der Waals surface area contributed by atoms with Gasteiger partial charge in [-0.15, -0.1) is 0 Å². The van der Waals surface area contributed by atoms with Gasteiger partial charge in [0, 0.05) is 11.5 Å². The Balaban J connectivity index is 3.32. The van der Waals surface area contributed by atoms with Gasteiger partial charge in [0.25, 0.3) is 0 Å². The molecule has 0 aromatic carbocycles. The first-order valence-electron chi connectivity index (χ1n) is 11.4. The zero-order chi connectivity index (χ0) is 20.8. The molecule has 170 valence electrons. The lowest BCUT2D eigenvalue weighted by Crippen LogP contribution is -2.02. The normalized spacial score (nSPS) is 13.7. The van der Waals surface area contributed by atoms with E-state index in [-0.39, 0.29) is 13.2 Å². The quantitative estimate of drug-likeness (QED) is 0.126. The number of unbranched alkanes of at least 4 members (excludes halogenated alkanes) is 11. The fourth-order valence-corrected chi connectivity index (χ4v) is 5.40. The van der Waals surface area contributed by atoms with E-state index in [9.17, 15) is 9.46 Å². The second-order valence-corrected chi connectivity index (χ2v) is 11.2. The maximum Gasteiger partial charge on any atom is 0.472 e. The number of phosphoric ester groups is 1. The standard InChI is InChI=1S/C21H45O4PS2/c1-3-5-7-9-11-13-15-19-28-21-17-25-26(22,23)24-16-20-27-18-14-12-10-8-6-4-2/h3-21H2,1-2H3,(H,22,23). The van der Waals surface area contributed by atoms with Crippen molar-refractivity contribution in [3.8, 4) is 0 Å². The van der Waals surface area contributed by atoms with Crippen LogP contribution in [0.25, 0.3) is 0 Å². The zero-order valence-corrected chi connectivity index (χ0v) is 20.9. The maximum absolute atomic E-state index is 11.8. The van der Waals surface area contributed by atoms with Crippen LogP contribution in [0.3, 0.4) is 0 Å². The van der Waals surface area contributed by atoms with Crippen molar-refractivity contribution in [3.63, 3.8) is 0 Å². The molecule has 0 heterocycles. The molecule has 1 unspecified atom stereocenters. The minimum absolute atomic E-state index is 0.277. The summed E-state index contributed by atoms with van der Waals surface area (Å²) in [4.78, 5) is 9.67.